The average Bonchev–Trinajstić information content (AvgIpc) is 3.91. The van der Waals surface area contributed by atoms with Crippen molar-refractivity contribution in [3.8, 4) is 11.5 Å². The van der Waals surface area contributed by atoms with Crippen LogP contribution in [-0.2, 0) is 57.1 Å². The number of hydrogen-bond donors (Lipinski definition) is 15. The van der Waals surface area contributed by atoms with Crippen molar-refractivity contribution in [2.45, 2.75) is 110 Å². The van der Waals surface area contributed by atoms with Crippen molar-refractivity contribution in [3.63, 3.8) is 0 Å². The lowest BCUT2D eigenvalue weighted by Gasteiger charge is -2.50. The van der Waals surface area contributed by atoms with Crippen LogP contribution in [-0.4, -0.2) is 218 Å². The van der Waals surface area contributed by atoms with Crippen molar-refractivity contribution in [1.82, 2.24) is 0 Å². The van der Waals surface area contributed by atoms with E-state index in [-0.39, 0.29) is 28.2 Å². The smallest absolute Gasteiger partial charge is 0.335 e. The number of aromatic hydroxyl groups is 2. The first-order valence-corrected chi connectivity index (χ1v) is 24.3. The van der Waals surface area contributed by atoms with Gasteiger partial charge in [0, 0.05) is 30.1 Å². The molecular weight excluding hydrogens is 1030 g/mol. The van der Waals surface area contributed by atoms with E-state index in [4.69, 9.17) is 37.9 Å². The van der Waals surface area contributed by atoms with Gasteiger partial charge in [-0.25, -0.2) is 9.59 Å². The number of ether oxygens (including phenoxy) is 8. The first-order valence-electron chi connectivity index (χ1n) is 24.3. The molecule has 21 atom stereocenters. The molecule has 3 aliphatic carbocycles. The zero-order chi connectivity index (χ0) is 55.6. The fraction of sp³-hybridized carbons (Fsp3) is 0.560. The van der Waals surface area contributed by atoms with Crippen molar-refractivity contribution >= 4 is 23.9 Å². The summed E-state index contributed by atoms with van der Waals surface area (Å²) in [6, 6.07) is 10.7. The van der Waals surface area contributed by atoms with E-state index < -0.39 is 201 Å². The molecule has 15 N–H and O–H groups in total. The number of phenolic OH excluding ortho intramolecular Hbond substituents is 2. The number of carbonyl (C=O) groups is 4. The van der Waals surface area contributed by atoms with Crippen LogP contribution in [0.1, 0.15) is 29.4 Å². The Labute approximate surface area is 435 Å². The number of aliphatic hydroxyl groups excluding tert-OH is 9. The second-order valence-corrected chi connectivity index (χ2v) is 20.3. The molecule has 0 radical (unpaired) electrons. The van der Waals surface area contributed by atoms with Crippen molar-refractivity contribution in [1.29, 1.82) is 0 Å². The lowest BCUT2D eigenvalue weighted by atomic mass is 9.52. The highest BCUT2D eigenvalue weighted by molar-refractivity contribution is 5.88. The van der Waals surface area contributed by atoms with E-state index in [1.54, 1.807) is 0 Å². The predicted molar refractivity (Wildman–Crippen MR) is 245 cm³/mol. The predicted octanol–water partition coefficient (Wildman–Crippen LogP) is -4.16. The van der Waals surface area contributed by atoms with Gasteiger partial charge in [0.05, 0.1) is 66.7 Å². The van der Waals surface area contributed by atoms with E-state index in [0.29, 0.717) is 0 Å². The summed E-state index contributed by atoms with van der Waals surface area (Å²) in [5.74, 6) is -16.6. The summed E-state index contributed by atoms with van der Waals surface area (Å²) in [4.78, 5) is 54.4. The minimum Gasteiger partial charge on any atom is -0.508 e. The Kier molecular flexibility index (Phi) is 15.8. The molecule has 2 aromatic carbocycles. The molecule has 0 amide bonds. The summed E-state index contributed by atoms with van der Waals surface area (Å²) in [5.41, 5.74) is -5.14. The molecule has 420 valence electrons. The van der Waals surface area contributed by atoms with Gasteiger partial charge in [-0.15, -0.1) is 0 Å². The first kappa shape index (κ1) is 55.9. The molecular formula is C50H58O27. The van der Waals surface area contributed by atoms with Crippen LogP contribution in [0.15, 0.2) is 84.4 Å². The number of carbonyl (C=O) groups excluding carboxylic acids is 2. The van der Waals surface area contributed by atoms with Crippen LogP contribution in [0.3, 0.4) is 0 Å². The highest BCUT2D eigenvalue weighted by Gasteiger charge is 2.65. The van der Waals surface area contributed by atoms with Crippen molar-refractivity contribution in [2.24, 2.45) is 35.5 Å². The zero-order valence-corrected chi connectivity index (χ0v) is 40.2. The van der Waals surface area contributed by atoms with Gasteiger partial charge in [0.25, 0.3) is 0 Å². The van der Waals surface area contributed by atoms with Gasteiger partial charge in [0.15, 0.2) is 12.6 Å². The number of benzene rings is 2. The maximum Gasteiger partial charge on any atom is 0.335 e. The highest BCUT2D eigenvalue weighted by atomic mass is 16.8. The van der Waals surface area contributed by atoms with Crippen LogP contribution in [0.4, 0.5) is 0 Å². The number of hydrogen-bond acceptors (Lipinski definition) is 25. The molecule has 27 nitrogen and oxygen atoms in total. The lowest BCUT2D eigenvalue weighted by molar-refractivity contribution is -0.347. The van der Waals surface area contributed by atoms with Crippen LogP contribution in [0.5, 0.6) is 11.5 Å². The van der Waals surface area contributed by atoms with E-state index >= 15 is 0 Å². The topological polar surface area (TPSA) is 446 Å². The van der Waals surface area contributed by atoms with Crippen molar-refractivity contribution in [3.05, 3.63) is 95.5 Å². The number of rotatable bonds is 16. The van der Waals surface area contributed by atoms with Crippen LogP contribution in [0.2, 0.25) is 0 Å². The minimum atomic E-state index is -2.41. The number of carboxylic acid groups (broad SMARTS) is 2. The average molecular weight is 1090 g/mol. The quantitative estimate of drug-likeness (QED) is 0.0560. The number of phenols is 2. The summed E-state index contributed by atoms with van der Waals surface area (Å²) in [5, 5.41) is 159. The molecule has 27 heteroatoms. The van der Waals surface area contributed by atoms with Crippen molar-refractivity contribution in [2.75, 3.05) is 26.4 Å². The van der Waals surface area contributed by atoms with Crippen molar-refractivity contribution < 1.29 is 134 Å². The highest BCUT2D eigenvalue weighted by Crippen LogP contribution is 2.59. The molecule has 4 heterocycles. The maximum absolute atomic E-state index is 14.8. The third-order valence-corrected chi connectivity index (χ3v) is 15.8. The van der Waals surface area contributed by atoms with Gasteiger partial charge in [0.1, 0.15) is 84.7 Å². The SMILES string of the molecule is O=C(O)C1=CO[C@@H](O[C@@H]2O[C@H](CO)[C@@H](O)[C@H](O)[C@H]2O)[C@H]2[C@@H]1[C@@H](O)C[C@]2(O)COC(=O)C1[C@H](c2ccc(O)cc2)C(C(=O)OC[C@@]2(O)C=C[C@@H]3C(C(=O)O)=CO[C@@H](O[C@@H]4O[C@H](CO)[C@@H](O)[C@H](O)[C@H]4O)[C@@H]32)[C@H]1c1ccc(O)cc1. The molecule has 9 rings (SSSR count). The third-order valence-electron chi connectivity index (χ3n) is 15.8. The number of aliphatic carboxylic acids is 2. The summed E-state index contributed by atoms with van der Waals surface area (Å²) in [6.07, 6.45) is -19.8. The van der Waals surface area contributed by atoms with E-state index in [1.807, 2.05) is 0 Å². The van der Waals surface area contributed by atoms with Crippen LogP contribution < -0.4 is 0 Å². The summed E-state index contributed by atoms with van der Waals surface area (Å²) < 4.78 is 45.5. The number of fused-ring (bicyclic) bond motifs is 2. The first-order chi connectivity index (χ1) is 36.5. The van der Waals surface area contributed by atoms with Gasteiger partial charge in [0.2, 0.25) is 12.6 Å². The van der Waals surface area contributed by atoms with Gasteiger partial charge in [-0.05, 0) is 35.4 Å². The molecule has 2 saturated carbocycles. The van der Waals surface area contributed by atoms with Gasteiger partial charge < -0.3 is 114 Å². The Morgan fingerprint density at radius 3 is 1.45 bits per heavy atom. The minimum absolute atomic E-state index is 0.210. The van der Waals surface area contributed by atoms with Gasteiger partial charge in [-0.1, -0.05) is 36.4 Å². The van der Waals surface area contributed by atoms with Gasteiger partial charge in [-0.2, -0.15) is 0 Å². The molecule has 77 heavy (non-hydrogen) atoms. The fourth-order valence-corrected chi connectivity index (χ4v) is 11.8. The number of allylic oxidation sites excluding steroid dienone is 1. The number of aliphatic hydroxyl groups is 11. The molecule has 0 bridgehead atoms. The molecule has 0 unspecified atom stereocenters. The molecule has 2 aromatic rings. The third kappa shape index (κ3) is 10.1. The zero-order valence-electron chi connectivity index (χ0n) is 40.2. The molecule has 4 fully saturated rings. The number of esters is 2. The summed E-state index contributed by atoms with van der Waals surface area (Å²) in [7, 11) is 0. The van der Waals surface area contributed by atoms with Gasteiger partial charge >= 0.3 is 23.9 Å². The van der Waals surface area contributed by atoms with E-state index in [1.165, 1.54) is 54.6 Å². The second kappa shape index (κ2) is 21.8. The Morgan fingerprint density at radius 2 is 1.00 bits per heavy atom. The standard InChI is InChI=1S/C50H58O27/c51-12-26-35(56)37(58)39(60)47(74-26)76-45-33-22(23(14-70-45)41(62)63)9-10-49(33,68)16-72-43(66)31-28(18-1-5-20(53)6-2-18)32(29(31)19-3-7-21(54)8-4-19)44(67)73-17-50(69)11-25(55)30-24(42(64)65)15-71-46(34(30)50)77-48-40(61)38(59)36(57)27(13-52)75-48/h1-10,14-15,22,25-40,45-48,51-61,68-69H,11-13,16-17H2,(H,62,63)(H,64,65)/t22-,25+,26-,27-,28-,29-,30+,31?,32?,33-,34-,35-,36-,37+,38+,39-,40-,45+,46+,47+,48+,49+,50+/m1/s1. The monoisotopic (exact) mass is 1090 g/mol. The second-order valence-electron chi connectivity index (χ2n) is 20.3. The van der Waals surface area contributed by atoms with Gasteiger partial charge in [-0.3, -0.25) is 9.59 Å². The van der Waals surface area contributed by atoms with Crippen LogP contribution >= 0.6 is 0 Å². The summed E-state index contributed by atoms with van der Waals surface area (Å²) in [6.45, 7) is -3.63. The normalized spacial score (nSPS) is 42.0. The van der Waals surface area contributed by atoms with Crippen LogP contribution in [0.25, 0.3) is 0 Å². The lowest BCUT2D eigenvalue weighted by Crippen LogP contribution is -2.61. The Hall–Kier alpha value is -5.86. The Balaban J connectivity index is 0.991. The molecule has 2 saturated heterocycles. The Bertz CT molecular complexity index is 2550. The van der Waals surface area contributed by atoms with E-state index in [2.05, 4.69) is 0 Å². The summed E-state index contributed by atoms with van der Waals surface area (Å²) >= 11 is 0. The van der Waals surface area contributed by atoms with Crippen LogP contribution in [0, 0.1) is 35.5 Å². The molecule has 7 aliphatic rings. The maximum atomic E-state index is 14.8. The molecule has 4 aliphatic heterocycles. The number of carboxylic acids is 2. The molecule has 0 spiro atoms. The largest absolute Gasteiger partial charge is 0.508 e. The fourth-order valence-electron chi connectivity index (χ4n) is 11.8. The van der Waals surface area contributed by atoms with E-state index in [0.717, 1.165) is 18.6 Å². The van der Waals surface area contributed by atoms with E-state index in [9.17, 15) is 95.8 Å². The Morgan fingerprint density at radius 1 is 0.558 bits per heavy atom. The molecule has 0 aromatic heterocycles.